The van der Waals surface area contributed by atoms with Crippen molar-refractivity contribution in [3.63, 3.8) is 0 Å². The normalized spacial score (nSPS) is 38.6. The number of piperidine rings is 1. The van der Waals surface area contributed by atoms with E-state index in [4.69, 9.17) is 23.2 Å². The Morgan fingerprint density at radius 3 is 2.33 bits per heavy atom. The number of hydrogen-bond donors (Lipinski definition) is 0. The Morgan fingerprint density at radius 1 is 0.958 bits per heavy atom. The highest BCUT2D eigenvalue weighted by Crippen LogP contribution is 2.66. The quantitative estimate of drug-likeness (QED) is 0.395. The van der Waals surface area contributed by atoms with E-state index in [9.17, 15) is 0 Å². The number of benzene rings is 2. The second-order valence-corrected chi connectivity index (χ2v) is 8.33. The van der Waals surface area contributed by atoms with Crippen LogP contribution in [0.3, 0.4) is 0 Å². The van der Waals surface area contributed by atoms with Crippen LogP contribution in [0.1, 0.15) is 30.4 Å². The van der Waals surface area contributed by atoms with Gasteiger partial charge in [-0.3, -0.25) is 0 Å². The minimum atomic E-state index is -0.511. The van der Waals surface area contributed by atoms with Gasteiger partial charge in [-0.15, -0.1) is 0 Å². The van der Waals surface area contributed by atoms with Gasteiger partial charge in [-0.1, -0.05) is 48.5 Å². The minimum Gasteiger partial charge on any atom is -0.192 e. The molecule has 0 radical (unpaired) electrons. The van der Waals surface area contributed by atoms with E-state index in [0.717, 1.165) is 16.7 Å². The van der Waals surface area contributed by atoms with Crippen molar-refractivity contribution in [3.05, 3.63) is 71.8 Å². The predicted octanol–water partition coefficient (Wildman–Crippen LogP) is 5.20. The molecule has 0 unspecified atom stereocenters. The fraction of sp³-hybridized carbons (Fsp3) is 0.381. The molecule has 3 aliphatic rings. The molecular weight excluding hydrogens is 337 g/mol. The Morgan fingerprint density at radius 2 is 1.62 bits per heavy atom. The summed E-state index contributed by atoms with van der Waals surface area (Å²) in [5.74, 6) is 1.92. The molecule has 0 aromatic heterocycles. The average Bonchev–Trinajstić information content (AvgIpc) is 3.29. The van der Waals surface area contributed by atoms with Crippen LogP contribution in [-0.4, -0.2) is 15.8 Å². The molecule has 24 heavy (non-hydrogen) atoms. The van der Waals surface area contributed by atoms with Gasteiger partial charge >= 0.3 is 0 Å². The van der Waals surface area contributed by atoms with E-state index in [1.165, 1.54) is 24.8 Å². The van der Waals surface area contributed by atoms with Crippen molar-refractivity contribution in [2.45, 2.75) is 30.3 Å². The number of halogens is 2. The number of alkyl halides is 1. The van der Waals surface area contributed by atoms with Gasteiger partial charge < -0.3 is 0 Å². The Kier molecular flexibility index (Phi) is 3.34. The Labute approximate surface area is 152 Å². The summed E-state index contributed by atoms with van der Waals surface area (Å²) in [6, 6.07) is 21.3. The summed E-state index contributed by atoms with van der Waals surface area (Å²) in [4.78, 5) is -0.511. The summed E-state index contributed by atoms with van der Waals surface area (Å²) in [6.45, 7) is 0. The van der Waals surface area contributed by atoms with E-state index in [1.807, 2.05) is 18.2 Å². The monoisotopic (exact) mass is 356 g/mol. The smallest absolute Gasteiger partial charge is 0.192 e. The number of rotatable bonds is 2. The maximum absolute atomic E-state index is 7.45. The molecule has 3 fully saturated rings. The van der Waals surface area contributed by atoms with E-state index in [-0.39, 0.29) is 0 Å². The molecule has 1 saturated heterocycles. The van der Waals surface area contributed by atoms with Crippen molar-refractivity contribution in [1.29, 1.82) is 0 Å². The third-order valence-electron chi connectivity index (χ3n) is 6.40. The van der Waals surface area contributed by atoms with E-state index in [2.05, 4.69) is 47.0 Å². The highest BCUT2D eigenvalue weighted by atomic mass is 35.5. The lowest BCUT2D eigenvalue weighted by Crippen LogP contribution is -2.45. The molecule has 1 nitrogen and oxygen atoms in total. The molecule has 2 aliphatic carbocycles. The van der Waals surface area contributed by atoms with Crippen molar-refractivity contribution in [1.82, 2.24) is 0 Å². The maximum Gasteiger partial charge on any atom is 0.278 e. The molecular formula is C21H20Cl2N+. The van der Waals surface area contributed by atoms with Crippen LogP contribution in [-0.2, 0) is 5.00 Å². The highest BCUT2D eigenvalue weighted by Gasteiger charge is 2.73. The van der Waals surface area contributed by atoms with Gasteiger partial charge in [0.1, 0.15) is 0 Å². The van der Waals surface area contributed by atoms with E-state index >= 15 is 0 Å². The fourth-order valence-electron chi connectivity index (χ4n) is 5.60. The molecule has 4 bridgehead atoms. The Bertz CT molecular complexity index is 801. The van der Waals surface area contributed by atoms with Crippen molar-refractivity contribution in [2.24, 2.45) is 17.8 Å². The topological polar surface area (TPSA) is 3.01 Å². The van der Waals surface area contributed by atoms with Crippen molar-refractivity contribution in [3.8, 4) is 0 Å². The summed E-state index contributed by atoms with van der Waals surface area (Å²) in [7, 11) is 0. The number of hydrogen-bond acceptors (Lipinski definition) is 0. The summed E-state index contributed by atoms with van der Waals surface area (Å²) >= 11 is 14.4. The van der Waals surface area contributed by atoms with Crippen LogP contribution >= 0.6 is 23.2 Å². The largest absolute Gasteiger partial charge is 0.278 e. The van der Waals surface area contributed by atoms with Crippen LogP contribution < -0.4 is 0 Å². The zero-order valence-electron chi connectivity index (χ0n) is 13.4. The standard InChI is InChI=1S/C21H20Cl2N/c22-20(14-7-3-1-4-8-14)24-18-13-15-11-12-17(18)19(15)21(24,23)16-9-5-2-6-10-16/h1-10,15,17-19H,11-13H2/q+1/b24-20-/t15-,17+,18-,19+,21-/m0/s1. The van der Waals surface area contributed by atoms with E-state index in [1.54, 1.807) is 0 Å². The fourth-order valence-corrected chi connectivity index (χ4v) is 6.70. The molecule has 5 rings (SSSR count). The predicted molar refractivity (Wildman–Crippen MR) is 98.7 cm³/mol. The lowest BCUT2D eigenvalue weighted by molar-refractivity contribution is -0.618. The molecule has 1 aliphatic heterocycles. The van der Waals surface area contributed by atoms with E-state index in [0.29, 0.717) is 17.9 Å². The van der Waals surface area contributed by atoms with Gasteiger partial charge in [-0.2, -0.15) is 4.58 Å². The lowest BCUT2D eigenvalue weighted by atomic mass is 9.85. The minimum absolute atomic E-state index is 0.471. The van der Waals surface area contributed by atoms with Gasteiger partial charge in [-0.25, -0.2) is 0 Å². The Hall–Kier alpha value is -1.31. The molecule has 122 valence electrons. The van der Waals surface area contributed by atoms with Gasteiger partial charge in [0, 0.05) is 17.9 Å². The van der Waals surface area contributed by atoms with Gasteiger partial charge in [0.05, 0.1) is 11.5 Å². The first-order valence-electron chi connectivity index (χ1n) is 8.83. The van der Waals surface area contributed by atoms with Gasteiger partial charge in [-0.05, 0) is 54.1 Å². The van der Waals surface area contributed by atoms with E-state index < -0.39 is 5.00 Å². The molecule has 0 amide bonds. The summed E-state index contributed by atoms with van der Waals surface area (Å²) in [5.41, 5.74) is 2.24. The van der Waals surface area contributed by atoms with Crippen molar-refractivity contribution in [2.75, 3.05) is 0 Å². The zero-order chi connectivity index (χ0) is 16.3. The van der Waals surface area contributed by atoms with Gasteiger partial charge in [0.25, 0.3) is 10.2 Å². The SMILES string of the molecule is Cl/C(c1ccccc1)=[N+]1/[C@H]2C[C@@H]3CC[C@H]2[C@@H]3[C@]1(Cl)c1ccccc1. The highest BCUT2D eigenvalue weighted by molar-refractivity contribution is 6.68. The second kappa shape index (κ2) is 5.34. The molecule has 3 heteroatoms. The molecule has 0 spiro atoms. The summed E-state index contributed by atoms with van der Waals surface area (Å²) in [5, 5.41) is 0.798. The second-order valence-electron chi connectivity index (χ2n) is 7.40. The molecule has 2 saturated carbocycles. The molecule has 2 aromatic carbocycles. The first kappa shape index (κ1) is 15.0. The van der Waals surface area contributed by atoms with Crippen molar-refractivity contribution >= 4 is 28.4 Å². The Balaban J connectivity index is 1.74. The van der Waals surface area contributed by atoms with Crippen LogP contribution in [0.2, 0.25) is 0 Å². The van der Waals surface area contributed by atoms with Crippen LogP contribution in [0, 0.1) is 17.8 Å². The molecule has 5 atom stereocenters. The van der Waals surface area contributed by atoms with Crippen LogP contribution in [0.15, 0.2) is 60.7 Å². The van der Waals surface area contributed by atoms with Crippen LogP contribution in [0.5, 0.6) is 0 Å². The van der Waals surface area contributed by atoms with Crippen LogP contribution in [0.4, 0.5) is 0 Å². The zero-order valence-corrected chi connectivity index (χ0v) is 14.9. The molecule has 1 heterocycles. The third-order valence-corrected chi connectivity index (χ3v) is 7.46. The van der Waals surface area contributed by atoms with Crippen LogP contribution in [0.25, 0.3) is 0 Å². The first-order valence-corrected chi connectivity index (χ1v) is 9.58. The molecule has 0 N–H and O–H groups in total. The summed E-state index contributed by atoms with van der Waals surface area (Å²) < 4.78 is 2.34. The maximum atomic E-state index is 7.45. The third kappa shape index (κ3) is 1.86. The molecule has 2 aromatic rings. The first-order chi connectivity index (χ1) is 11.7. The van der Waals surface area contributed by atoms with Gasteiger partial charge in [0.15, 0.2) is 6.04 Å². The number of nitrogens with zero attached hydrogens (tertiary/aromatic N) is 1. The summed E-state index contributed by atoms with van der Waals surface area (Å²) in [6.07, 6.45) is 3.85. The average molecular weight is 357 g/mol. The lowest BCUT2D eigenvalue weighted by Gasteiger charge is -2.33. The van der Waals surface area contributed by atoms with Gasteiger partial charge in [0.2, 0.25) is 0 Å². The van der Waals surface area contributed by atoms with Crippen molar-refractivity contribution < 1.29 is 4.58 Å².